The molecular formula is C38H34. The van der Waals surface area contributed by atoms with Crippen LogP contribution in [0, 0.1) is 13.8 Å². The lowest BCUT2D eigenvalue weighted by atomic mass is 9.80. The van der Waals surface area contributed by atoms with E-state index in [9.17, 15) is 0 Å². The lowest BCUT2D eigenvalue weighted by molar-refractivity contribution is 0.660. The zero-order chi connectivity index (χ0) is 26.4. The minimum Gasteiger partial charge on any atom is -0.0619 e. The summed E-state index contributed by atoms with van der Waals surface area (Å²) in [7, 11) is 0. The molecular weight excluding hydrogens is 456 g/mol. The predicted molar refractivity (Wildman–Crippen MR) is 162 cm³/mol. The van der Waals surface area contributed by atoms with Gasteiger partial charge in [-0.15, -0.1) is 0 Å². The third kappa shape index (κ3) is 3.10. The van der Waals surface area contributed by atoms with E-state index in [0.717, 1.165) is 0 Å². The number of rotatable bonds is 2. The van der Waals surface area contributed by atoms with Crippen molar-refractivity contribution < 1.29 is 0 Å². The van der Waals surface area contributed by atoms with E-state index in [1.54, 1.807) is 0 Å². The van der Waals surface area contributed by atoms with Crippen molar-refractivity contribution in [2.75, 3.05) is 0 Å². The lowest BCUT2D eigenvalue weighted by Crippen LogP contribution is -2.15. The Labute approximate surface area is 227 Å². The molecule has 38 heavy (non-hydrogen) atoms. The quantitative estimate of drug-likeness (QED) is 0.231. The van der Waals surface area contributed by atoms with E-state index in [4.69, 9.17) is 0 Å². The summed E-state index contributed by atoms with van der Waals surface area (Å²) in [5.74, 6) is 0. The molecule has 5 aromatic carbocycles. The Kier molecular flexibility index (Phi) is 4.77. The van der Waals surface area contributed by atoms with Gasteiger partial charge >= 0.3 is 0 Å². The van der Waals surface area contributed by atoms with Gasteiger partial charge in [0.25, 0.3) is 0 Å². The molecule has 0 atom stereocenters. The highest BCUT2D eigenvalue weighted by Gasteiger charge is 2.36. The molecule has 2 aliphatic carbocycles. The van der Waals surface area contributed by atoms with Crippen LogP contribution in [-0.4, -0.2) is 0 Å². The smallest absolute Gasteiger partial charge is 0.0159 e. The van der Waals surface area contributed by atoms with Crippen LogP contribution in [0.25, 0.3) is 44.5 Å². The molecule has 0 heterocycles. The minimum atomic E-state index is 0.00304. The van der Waals surface area contributed by atoms with E-state index >= 15 is 0 Å². The average Bonchev–Trinajstić information content (AvgIpc) is 3.29. The highest BCUT2D eigenvalue weighted by Crippen LogP contribution is 2.51. The third-order valence-corrected chi connectivity index (χ3v) is 9.34. The fourth-order valence-corrected chi connectivity index (χ4v) is 7.20. The Balaban J connectivity index is 1.37. The van der Waals surface area contributed by atoms with Crippen LogP contribution in [0.15, 0.2) is 97.1 Å². The molecule has 0 fully saturated rings. The van der Waals surface area contributed by atoms with Crippen molar-refractivity contribution >= 4 is 0 Å². The number of benzene rings is 5. The van der Waals surface area contributed by atoms with E-state index in [-0.39, 0.29) is 10.8 Å². The molecule has 0 aromatic heterocycles. The van der Waals surface area contributed by atoms with Crippen LogP contribution < -0.4 is 0 Å². The highest BCUT2D eigenvalue weighted by atomic mass is 14.4. The van der Waals surface area contributed by atoms with Gasteiger partial charge in [-0.3, -0.25) is 0 Å². The summed E-state index contributed by atoms with van der Waals surface area (Å²) in [5.41, 5.74) is 19.1. The van der Waals surface area contributed by atoms with Gasteiger partial charge in [-0.2, -0.15) is 0 Å². The molecule has 0 heteroatoms. The second kappa shape index (κ2) is 7.81. The van der Waals surface area contributed by atoms with Crippen molar-refractivity contribution in [3.63, 3.8) is 0 Å². The molecule has 0 saturated heterocycles. The topological polar surface area (TPSA) is 0 Å². The molecule has 0 N–H and O–H groups in total. The first-order valence-corrected chi connectivity index (χ1v) is 13.8. The number of fused-ring (bicyclic) bond motifs is 6. The number of hydrogen-bond donors (Lipinski definition) is 0. The van der Waals surface area contributed by atoms with E-state index in [2.05, 4.69) is 139 Å². The molecule has 5 aromatic rings. The first-order chi connectivity index (χ1) is 18.2. The monoisotopic (exact) mass is 490 g/mol. The van der Waals surface area contributed by atoms with Crippen LogP contribution in [0.5, 0.6) is 0 Å². The summed E-state index contributed by atoms with van der Waals surface area (Å²) in [6.07, 6.45) is 0. The van der Waals surface area contributed by atoms with Crippen molar-refractivity contribution in [2.45, 2.75) is 52.4 Å². The molecule has 0 aliphatic heterocycles. The summed E-state index contributed by atoms with van der Waals surface area (Å²) >= 11 is 0. The molecule has 0 nitrogen and oxygen atoms in total. The van der Waals surface area contributed by atoms with E-state index in [0.29, 0.717) is 0 Å². The van der Waals surface area contributed by atoms with Gasteiger partial charge < -0.3 is 0 Å². The van der Waals surface area contributed by atoms with Gasteiger partial charge in [0.05, 0.1) is 0 Å². The normalized spacial score (nSPS) is 15.5. The van der Waals surface area contributed by atoms with Crippen LogP contribution in [0.3, 0.4) is 0 Å². The fourth-order valence-electron chi connectivity index (χ4n) is 7.20. The summed E-state index contributed by atoms with van der Waals surface area (Å²) in [4.78, 5) is 0. The molecule has 0 spiro atoms. The third-order valence-electron chi connectivity index (χ3n) is 9.34. The Bertz CT molecular complexity index is 1650. The van der Waals surface area contributed by atoms with Crippen LogP contribution >= 0.6 is 0 Å². The van der Waals surface area contributed by atoms with Crippen LogP contribution in [0.2, 0.25) is 0 Å². The molecule has 2 aliphatic rings. The predicted octanol–water partition coefficient (Wildman–Crippen LogP) is 10.3. The molecule has 0 unspecified atom stereocenters. The van der Waals surface area contributed by atoms with Crippen LogP contribution in [-0.2, 0) is 10.8 Å². The van der Waals surface area contributed by atoms with Gasteiger partial charge in [0.1, 0.15) is 0 Å². The maximum absolute atomic E-state index is 2.45. The molecule has 0 saturated carbocycles. The fraction of sp³-hybridized carbons (Fsp3) is 0.211. The van der Waals surface area contributed by atoms with Crippen molar-refractivity contribution in [1.29, 1.82) is 0 Å². The Hall–Kier alpha value is -3.90. The summed E-state index contributed by atoms with van der Waals surface area (Å²) < 4.78 is 0. The number of hydrogen-bond acceptors (Lipinski definition) is 0. The molecule has 0 radical (unpaired) electrons. The second-order valence-corrected chi connectivity index (χ2v) is 12.3. The van der Waals surface area contributed by atoms with Crippen molar-refractivity contribution in [1.82, 2.24) is 0 Å². The molecule has 7 rings (SSSR count). The van der Waals surface area contributed by atoms with Gasteiger partial charge in [-0.25, -0.2) is 0 Å². The van der Waals surface area contributed by atoms with Crippen LogP contribution in [0.4, 0.5) is 0 Å². The largest absolute Gasteiger partial charge is 0.0619 e. The highest BCUT2D eigenvalue weighted by molar-refractivity contribution is 5.88. The van der Waals surface area contributed by atoms with Crippen molar-refractivity contribution in [3.8, 4) is 44.5 Å². The minimum absolute atomic E-state index is 0.00304. The van der Waals surface area contributed by atoms with Crippen molar-refractivity contribution in [3.05, 3.63) is 130 Å². The summed E-state index contributed by atoms with van der Waals surface area (Å²) in [6.45, 7) is 14.0. The average molecular weight is 491 g/mol. The lowest BCUT2D eigenvalue weighted by Gasteiger charge is -2.23. The van der Waals surface area contributed by atoms with Gasteiger partial charge in [0, 0.05) is 10.8 Å². The Morgan fingerprint density at radius 2 is 0.789 bits per heavy atom. The first kappa shape index (κ1) is 23.2. The second-order valence-electron chi connectivity index (χ2n) is 12.3. The van der Waals surface area contributed by atoms with Gasteiger partial charge in [-0.1, -0.05) is 113 Å². The Morgan fingerprint density at radius 1 is 0.395 bits per heavy atom. The van der Waals surface area contributed by atoms with E-state index in [1.807, 2.05) is 0 Å². The molecule has 0 bridgehead atoms. The SMILES string of the molecule is Cc1cc(-c2ccc3c(c2)C(C)(C)c2ccccc2-3)c(C)c(-c2ccc3c(c2)C(C)(C)c2ccccc2-3)c1. The van der Waals surface area contributed by atoms with Gasteiger partial charge in [0.2, 0.25) is 0 Å². The maximum Gasteiger partial charge on any atom is 0.0159 e. The first-order valence-electron chi connectivity index (χ1n) is 13.8. The Morgan fingerprint density at radius 3 is 1.24 bits per heavy atom. The van der Waals surface area contributed by atoms with E-state index < -0.39 is 0 Å². The van der Waals surface area contributed by atoms with Gasteiger partial charge in [-0.05, 0) is 104 Å². The van der Waals surface area contributed by atoms with Crippen molar-refractivity contribution in [2.24, 2.45) is 0 Å². The van der Waals surface area contributed by atoms with Crippen LogP contribution in [0.1, 0.15) is 61.1 Å². The summed E-state index contributed by atoms with van der Waals surface area (Å²) in [5, 5.41) is 0. The molecule has 0 amide bonds. The standard InChI is InChI=1S/C38H34/c1-23-19-31(25-15-17-29-27-11-7-9-13-33(27)37(3,4)35(29)21-25)24(2)32(20-23)26-16-18-30-28-12-8-10-14-34(28)38(5,6)36(30)22-26/h7-22H,1-6H3. The maximum atomic E-state index is 2.45. The zero-order valence-corrected chi connectivity index (χ0v) is 23.2. The molecule has 186 valence electrons. The van der Waals surface area contributed by atoms with E-state index in [1.165, 1.54) is 77.9 Å². The summed E-state index contributed by atoms with van der Waals surface area (Å²) in [6, 6.07) is 36.7. The number of aryl methyl sites for hydroxylation is 1. The van der Waals surface area contributed by atoms with Gasteiger partial charge in [0.15, 0.2) is 0 Å². The zero-order valence-electron chi connectivity index (χ0n) is 23.2.